The summed E-state index contributed by atoms with van der Waals surface area (Å²) in [6.07, 6.45) is 11.8. The number of hydrogen-bond donors (Lipinski definition) is 0. The SMILES string of the molecule is CCCCCCCCCCc1cc2cccc(OC)c2o1. The van der Waals surface area contributed by atoms with Crippen molar-refractivity contribution in [3.8, 4) is 5.75 Å². The summed E-state index contributed by atoms with van der Waals surface area (Å²) in [6, 6.07) is 8.19. The molecule has 0 unspecified atom stereocenters. The van der Waals surface area contributed by atoms with Crippen LogP contribution in [0, 0.1) is 0 Å². The van der Waals surface area contributed by atoms with E-state index in [0.717, 1.165) is 28.9 Å². The second-order valence-electron chi connectivity index (χ2n) is 5.82. The van der Waals surface area contributed by atoms with Gasteiger partial charge in [0, 0.05) is 11.8 Å². The first-order valence-electron chi connectivity index (χ1n) is 8.40. The first kappa shape index (κ1) is 15.9. The van der Waals surface area contributed by atoms with E-state index in [0.29, 0.717) is 0 Å². The van der Waals surface area contributed by atoms with Crippen LogP contribution in [0.15, 0.2) is 28.7 Å². The predicted octanol–water partition coefficient (Wildman–Crippen LogP) is 6.12. The lowest BCUT2D eigenvalue weighted by Crippen LogP contribution is -1.84. The normalized spacial score (nSPS) is 11.1. The Hall–Kier alpha value is -1.44. The number of fused-ring (bicyclic) bond motifs is 1. The van der Waals surface area contributed by atoms with E-state index < -0.39 is 0 Å². The lowest BCUT2D eigenvalue weighted by atomic mass is 10.1. The minimum absolute atomic E-state index is 0.828. The fourth-order valence-electron chi connectivity index (χ4n) is 2.81. The Kier molecular flexibility index (Phi) is 6.65. The summed E-state index contributed by atoms with van der Waals surface area (Å²) in [5, 5.41) is 1.14. The third kappa shape index (κ3) is 4.80. The molecule has 21 heavy (non-hydrogen) atoms. The zero-order valence-electron chi connectivity index (χ0n) is 13.5. The van der Waals surface area contributed by atoms with Gasteiger partial charge in [-0.25, -0.2) is 0 Å². The number of para-hydroxylation sites is 1. The molecule has 0 aliphatic rings. The van der Waals surface area contributed by atoms with Crippen molar-refractivity contribution in [2.45, 2.75) is 64.7 Å². The van der Waals surface area contributed by atoms with Crippen LogP contribution in [0.1, 0.15) is 64.1 Å². The van der Waals surface area contributed by atoms with Crippen LogP contribution in [0.2, 0.25) is 0 Å². The first-order chi connectivity index (χ1) is 10.3. The maximum Gasteiger partial charge on any atom is 0.176 e. The van der Waals surface area contributed by atoms with E-state index in [1.165, 1.54) is 51.4 Å². The number of hydrogen-bond acceptors (Lipinski definition) is 2. The van der Waals surface area contributed by atoms with Gasteiger partial charge in [-0.3, -0.25) is 0 Å². The van der Waals surface area contributed by atoms with Gasteiger partial charge in [0.2, 0.25) is 0 Å². The van der Waals surface area contributed by atoms with Crippen LogP contribution in [0.3, 0.4) is 0 Å². The molecule has 0 N–H and O–H groups in total. The lowest BCUT2D eigenvalue weighted by molar-refractivity contribution is 0.407. The molecule has 1 aromatic carbocycles. The van der Waals surface area contributed by atoms with Gasteiger partial charge in [-0.15, -0.1) is 0 Å². The molecule has 0 fully saturated rings. The van der Waals surface area contributed by atoms with Crippen molar-refractivity contribution in [3.05, 3.63) is 30.0 Å². The van der Waals surface area contributed by atoms with Crippen molar-refractivity contribution in [2.24, 2.45) is 0 Å². The Morgan fingerprint density at radius 3 is 2.38 bits per heavy atom. The third-order valence-electron chi connectivity index (χ3n) is 4.06. The van der Waals surface area contributed by atoms with Crippen LogP contribution < -0.4 is 4.74 Å². The zero-order valence-corrected chi connectivity index (χ0v) is 13.5. The fourth-order valence-corrected chi connectivity index (χ4v) is 2.81. The molecule has 0 aliphatic heterocycles. The quantitative estimate of drug-likeness (QED) is 0.491. The summed E-state index contributed by atoms with van der Waals surface area (Å²) in [4.78, 5) is 0. The average Bonchev–Trinajstić information content (AvgIpc) is 2.92. The second-order valence-corrected chi connectivity index (χ2v) is 5.82. The van der Waals surface area contributed by atoms with Crippen LogP contribution in [0.5, 0.6) is 5.75 Å². The van der Waals surface area contributed by atoms with Gasteiger partial charge >= 0.3 is 0 Å². The van der Waals surface area contributed by atoms with Gasteiger partial charge in [-0.05, 0) is 18.6 Å². The molecular formula is C19H28O2. The van der Waals surface area contributed by atoms with Gasteiger partial charge < -0.3 is 9.15 Å². The third-order valence-corrected chi connectivity index (χ3v) is 4.06. The molecule has 2 rings (SSSR count). The van der Waals surface area contributed by atoms with Crippen molar-refractivity contribution < 1.29 is 9.15 Å². The number of unbranched alkanes of at least 4 members (excludes halogenated alkanes) is 7. The van der Waals surface area contributed by atoms with Crippen molar-refractivity contribution in [3.63, 3.8) is 0 Å². The van der Waals surface area contributed by atoms with E-state index in [2.05, 4.69) is 19.1 Å². The number of benzene rings is 1. The van der Waals surface area contributed by atoms with E-state index in [-0.39, 0.29) is 0 Å². The summed E-state index contributed by atoms with van der Waals surface area (Å²) in [6.45, 7) is 2.27. The van der Waals surface area contributed by atoms with Crippen LogP contribution in [0.4, 0.5) is 0 Å². The van der Waals surface area contributed by atoms with Gasteiger partial charge in [0.05, 0.1) is 7.11 Å². The molecule has 0 saturated heterocycles. The molecule has 0 spiro atoms. The Morgan fingerprint density at radius 2 is 1.67 bits per heavy atom. The smallest absolute Gasteiger partial charge is 0.176 e. The Labute approximate surface area is 128 Å². The average molecular weight is 288 g/mol. The Bertz CT molecular complexity index is 527. The molecule has 1 aromatic heterocycles. The van der Waals surface area contributed by atoms with Gasteiger partial charge in [0.15, 0.2) is 11.3 Å². The largest absolute Gasteiger partial charge is 0.493 e. The minimum atomic E-state index is 0.828. The lowest BCUT2D eigenvalue weighted by Gasteiger charge is -2.01. The van der Waals surface area contributed by atoms with E-state index in [9.17, 15) is 0 Å². The number of methoxy groups -OCH3 is 1. The summed E-state index contributed by atoms with van der Waals surface area (Å²) in [5.74, 6) is 1.91. The van der Waals surface area contributed by atoms with Crippen LogP contribution in [-0.4, -0.2) is 7.11 Å². The maximum absolute atomic E-state index is 5.92. The highest BCUT2D eigenvalue weighted by Crippen LogP contribution is 2.29. The number of ether oxygens (including phenoxy) is 1. The second kappa shape index (κ2) is 8.76. The molecule has 0 aliphatic carbocycles. The summed E-state index contributed by atoms with van der Waals surface area (Å²) in [7, 11) is 1.69. The first-order valence-corrected chi connectivity index (χ1v) is 8.40. The standard InChI is InChI=1S/C19H28O2/c1-3-4-5-6-7-8-9-10-13-17-15-16-12-11-14-18(20-2)19(16)21-17/h11-12,14-15H,3-10,13H2,1-2H3. The Morgan fingerprint density at radius 1 is 0.952 bits per heavy atom. The molecule has 0 bridgehead atoms. The maximum atomic E-state index is 5.92. The van der Waals surface area contributed by atoms with Crippen molar-refractivity contribution in [1.82, 2.24) is 0 Å². The summed E-state index contributed by atoms with van der Waals surface area (Å²) in [5.41, 5.74) is 0.884. The highest BCUT2D eigenvalue weighted by Gasteiger charge is 2.08. The van der Waals surface area contributed by atoms with Gasteiger partial charge in [0.1, 0.15) is 5.76 Å². The molecule has 2 nitrogen and oxygen atoms in total. The molecule has 0 saturated carbocycles. The zero-order chi connectivity index (χ0) is 14.9. The van der Waals surface area contributed by atoms with Gasteiger partial charge in [-0.1, -0.05) is 64.0 Å². The molecule has 0 atom stereocenters. The predicted molar refractivity (Wildman–Crippen MR) is 89.1 cm³/mol. The number of furan rings is 1. The Balaban J connectivity index is 1.71. The molecule has 0 amide bonds. The topological polar surface area (TPSA) is 22.4 Å². The molecule has 2 aromatic rings. The highest BCUT2D eigenvalue weighted by molar-refractivity contribution is 5.83. The van der Waals surface area contributed by atoms with Crippen LogP contribution in [-0.2, 0) is 6.42 Å². The van der Waals surface area contributed by atoms with Gasteiger partial charge in [-0.2, -0.15) is 0 Å². The monoisotopic (exact) mass is 288 g/mol. The summed E-state index contributed by atoms with van der Waals surface area (Å²) < 4.78 is 11.3. The number of rotatable bonds is 10. The molecule has 116 valence electrons. The van der Waals surface area contributed by atoms with E-state index in [1.807, 2.05) is 12.1 Å². The van der Waals surface area contributed by atoms with E-state index in [4.69, 9.17) is 9.15 Å². The van der Waals surface area contributed by atoms with Crippen LogP contribution >= 0.6 is 0 Å². The number of aryl methyl sites for hydroxylation is 1. The van der Waals surface area contributed by atoms with Crippen molar-refractivity contribution in [1.29, 1.82) is 0 Å². The molecule has 2 heteroatoms. The molecular weight excluding hydrogens is 260 g/mol. The van der Waals surface area contributed by atoms with Crippen LogP contribution in [0.25, 0.3) is 11.0 Å². The molecule has 0 radical (unpaired) electrons. The van der Waals surface area contributed by atoms with E-state index in [1.54, 1.807) is 7.11 Å². The summed E-state index contributed by atoms with van der Waals surface area (Å²) >= 11 is 0. The highest BCUT2D eigenvalue weighted by atomic mass is 16.5. The van der Waals surface area contributed by atoms with E-state index >= 15 is 0 Å². The van der Waals surface area contributed by atoms with Gasteiger partial charge in [0.25, 0.3) is 0 Å². The fraction of sp³-hybridized carbons (Fsp3) is 0.579. The van der Waals surface area contributed by atoms with Crippen molar-refractivity contribution >= 4 is 11.0 Å². The molecule has 1 heterocycles. The van der Waals surface area contributed by atoms with Crippen molar-refractivity contribution in [2.75, 3.05) is 7.11 Å². The minimum Gasteiger partial charge on any atom is -0.493 e.